The SMILES string of the molecule is C=CCC(C)Nc1cc(C(=O)OC)ccc1[N+](=O)[O-]. The molecule has 0 amide bonds. The molecule has 6 heteroatoms. The summed E-state index contributed by atoms with van der Waals surface area (Å²) in [5, 5.41) is 13.9. The average Bonchev–Trinajstić information content (AvgIpc) is 2.37. The molecule has 1 aromatic carbocycles. The number of rotatable bonds is 6. The average molecular weight is 264 g/mol. The Labute approximate surface area is 111 Å². The highest BCUT2D eigenvalue weighted by Crippen LogP contribution is 2.26. The van der Waals surface area contributed by atoms with Gasteiger partial charge in [0.15, 0.2) is 0 Å². The molecular formula is C13H16N2O4. The first kappa shape index (κ1) is 14.7. The van der Waals surface area contributed by atoms with E-state index in [4.69, 9.17) is 0 Å². The van der Waals surface area contributed by atoms with Crippen molar-refractivity contribution < 1.29 is 14.5 Å². The number of nitrogens with zero attached hydrogens (tertiary/aromatic N) is 1. The molecule has 0 aromatic heterocycles. The van der Waals surface area contributed by atoms with Crippen molar-refractivity contribution in [2.24, 2.45) is 0 Å². The largest absolute Gasteiger partial charge is 0.465 e. The van der Waals surface area contributed by atoms with Crippen molar-refractivity contribution in [3.05, 3.63) is 46.5 Å². The highest BCUT2D eigenvalue weighted by atomic mass is 16.6. The third-order valence-electron chi connectivity index (χ3n) is 2.54. The zero-order valence-corrected chi connectivity index (χ0v) is 10.9. The molecule has 1 unspecified atom stereocenters. The number of benzene rings is 1. The third-order valence-corrected chi connectivity index (χ3v) is 2.54. The Bertz CT molecular complexity index is 499. The molecule has 0 heterocycles. The van der Waals surface area contributed by atoms with E-state index < -0.39 is 10.9 Å². The van der Waals surface area contributed by atoms with Crippen LogP contribution < -0.4 is 5.32 Å². The molecule has 102 valence electrons. The van der Waals surface area contributed by atoms with Gasteiger partial charge in [0, 0.05) is 12.1 Å². The number of nitro benzene ring substituents is 1. The number of hydrogen-bond acceptors (Lipinski definition) is 5. The van der Waals surface area contributed by atoms with Crippen LogP contribution in [0.2, 0.25) is 0 Å². The standard InChI is InChI=1S/C13H16N2O4/c1-4-5-9(2)14-11-8-10(13(16)19-3)6-7-12(11)15(17)18/h4,6-9,14H,1,5H2,2-3H3. The van der Waals surface area contributed by atoms with Gasteiger partial charge in [0.2, 0.25) is 0 Å². The van der Waals surface area contributed by atoms with Gasteiger partial charge in [0.1, 0.15) is 5.69 Å². The molecule has 0 spiro atoms. The molecule has 0 fully saturated rings. The van der Waals surface area contributed by atoms with E-state index in [1.54, 1.807) is 6.08 Å². The van der Waals surface area contributed by atoms with E-state index in [1.165, 1.54) is 25.3 Å². The van der Waals surface area contributed by atoms with Crippen molar-refractivity contribution in [3.63, 3.8) is 0 Å². The Morgan fingerprint density at radius 3 is 2.84 bits per heavy atom. The molecule has 1 aromatic rings. The summed E-state index contributed by atoms with van der Waals surface area (Å²) in [4.78, 5) is 21.9. The lowest BCUT2D eigenvalue weighted by atomic mass is 10.1. The number of methoxy groups -OCH3 is 1. The maximum Gasteiger partial charge on any atom is 0.337 e. The molecule has 0 aliphatic rings. The number of esters is 1. The number of nitrogens with one attached hydrogen (secondary N) is 1. The van der Waals surface area contributed by atoms with Crippen molar-refractivity contribution in [2.45, 2.75) is 19.4 Å². The highest BCUT2D eigenvalue weighted by molar-refractivity contribution is 5.91. The number of anilines is 1. The van der Waals surface area contributed by atoms with Crippen LogP contribution in [0.5, 0.6) is 0 Å². The molecule has 0 aliphatic heterocycles. The Morgan fingerprint density at radius 1 is 1.63 bits per heavy atom. The summed E-state index contributed by atoms with van der Waals surface area (Å²) in [6, 6.07) is 4.05. The minimum Gasteiger partial charge on any atom is -0.465 e. The summed E-state index contributed by atoms with van der Waals surface area (Å²) in [6.07, 6.45) is 2.37. The quantitative estimate of drug-likeness (QED) is 0.370. The van der Waals surface area contributed by atoms with E-state index >= 15 is 0 Å². The molecule has 6 nitrogen and oxygen atoms in total. The molecule has 1 rings (SSSR count). The second kappa shape index (κ2) is 6.53. The van der Waals surface area contributed by atoms with Crippen LogP contribution in [-0.2, 0) is 4.74 Å². The van der Waals surface area contributed by atoms with Gasteiger partial charge in [-0.2, -0.15) is 0 Å². The van der Waals surface area contributed by atoms with Crippen LogP contribution in [0.1, 0.15) is 23.7 Å². The van der Waals surface area contributed by atoms with Gasteiger partial charge in [0.25, 0.3) is 5.69 Å². The molecule has 1 atom stereocenters. The fourth-order valence-corrected chi connectivity index (χ4v) is 1.63. The van der Waals surface area contributed by atoms with Crippen LogP contribution in [0.25, 0.3) is 0 Å². The number of carbonyl (C=O) groups excluding carboxylic acids is 1. The van der Waals surface area contributed by atoms with Crippen LogP contribution >= 0.6 is 0 Å². The second-order valence-corrected chi connectivity index (χ2v) is 4.05. The summed E-state index contributed by atoms with van der Waals surface area (Å²) in [6.45, 7) is 5.48. The number of hydrogen-bond donors (Lipinski definition) is 1. The van der Waals surface area contributed by atoms with Gasteiger partial charge in [-0.3, -0.25) is 10.1 Å². The van der Waals surface area contributed by atoms with Gasteiger partial charge < -0.3 is 10.1 Å². The van der Waals surface area contributed by atoms with Crippen LogP contribution in [0.4, 0.5) is 11.4 Å². The maximum absolute atomic E-state index is 11.4. The van der Waals surface area contributed by atoms with Crippen molar-refractivity contribution in [1.29, 1.82) is 0 Å². The van der Waals surface area contributed by atoms with Crippen molar-refractivity contribution in [1.82, 2.24) is 0 Å². The summed E-state index contributed by atoms with van der Waals surface area (Å²) in [5.74, 6) is -0.533. The molecule has 0 radical (unpaired) electrons. The predicted octanol–water partition coefficient (Wildman–Crippen LogP) is 2.76. The van der Waals surface area contributed by atoms with E-state index in [9.17, 15) is 14.9 Å². The Kier molecular flexibility index (Phi) is 5.05. The Balaban J connectivity index is 3.11. The lowest BCUT2D eigenvalue weighted by molar-refractivity contribution is -0.384. The van der Waals surface area contributed by atoms with Crippen molar-refractivity contribution in [3.8, 4) is 0 Å². The monoisotopic (exact) mass is 264 g/mol. The van der Waals surface area contributed by atoms with Gasteiger partial charge in [-0.25, -0.2) is 4.79 Å². The second-order valence-electron chi connectivity index (χ2n) is 4.05. The van der Waals surface area contributed by atoms with Crippen LogP contribution in [0.15, 0.2) is 30.9 Å². The lowest BCUT2D eigenvalue weighted by Crippen LogP contribution is -2.15. The van der Waals surface area contributed by atoms with Crippen molar-refractivity contribution in [2.75, 3.05) is 12.4 Å². The molecule has 1 N–H and O–H groups in total. The summed E-state index contributed by atoms with van der Waals surface area (Å²) in [5.41, 5.74) is 0.479. The van der Waals surface area contributed by atoms with Crippen LogP contribution in [-0.4, -0.2) is 24.0 Å². The molecular weight excluding hydrogens is 248 g/mol. The fourth-order valence-electron chi connectivity index (χ4n) is 1.63. The minimum atomic E-state index is -0.533. The number of carbonyl (C=O) groups is 1. The zero-order chi connectivity index (χ0) is 14.4. The topological polar surface area (TPSA) is 81.5 Å². The van der Waals surface area contributed by atoms with Crippen molar-refractivity contribution >= 4 is 17.3 Å². The maximum atomic E-state index is 11.4. The van der Waals surface area contributed by atoms with E-state index in [0.29, 0.717) is 12.1 Å². The van der Waals surface area contributed by atoms with E-state index in [1.807, 2.05) is 6.92 Å². The fraction of sp³-hybridized carbons (Fsp3) is 0.308. The number of ether oxygens (including phenoxy) is 1. The predicted molar refractivity (Wildman–Crippen MR) is 72.3 cm³/mol. The Morgan fingerprint density at radius 2 is 2.32 bits per heavy atom. The minimum absolute atomic E-state index is 0.0240. The summed E-state index contributed by atoms with van der Waals surface area (Å²) in [7, 11) is 1.26. The van der Waals surface area contributed by atoms with Gasteiger partial charge in [0.05, 0.1) is 17.6 Å². The van der Waals surface area contributed by atoms with Gasteiger partial charge >= 0.3 is 5.97 Å². The number of nitro groups is 1. The van der Waals surface area contributed by atoms with Gasteiger partial charge in [-0.05, 0) is 25.5 Å². The van der Waals surface area contributed by atoms with Crippen LogP contribution in [0.3, 0.4) is 0 Å². The van der Waals surface area contributed by atoms with E-state index in [-0.39, 0.29) is 17.3 Å². The molecule has 0 saturated heterocycles. The van der Waals surface area contributed by atoms with Crippen LogP contribution in [0, 0.1) is 10.1 Å². The molecule has 19 heavy (non-hydrogen) atoms. The zero-order valence-electron chi connectivity index (χ0n) is 10.9. The molecule has 0 saturated carbocycles. The van der Waals surface area contributed by atoms with E-state index in [2.05, 4.69) is 16.6 Å². The van der Waals surface area contributed by atoms with Gasteiger partial charge in [-0.1, -0.05) is 6.08 Å². The molecule has 0 bridgehead atoms. The Hall–Kier alpha value is -2.37. The first-order chi connectivity index (χ1) is 8.99. The van der Waals surface area contributed by atoms with Gasteiger partial charge in [-0.15, -0.1) is 6.58 Å². The first-order valence-corrected chi connectivity index (χ1v) is 5.73. The lowest BCUT2D eigenvalue weighted by Gasteiger charge is -2.14. The first-order valence-electron chi connectivity index (χ1n) is 5.73. The smallest absolute Gasteiger partial charge is 0.337 e. The third kappa shape index (κ3) is 3.80. The normalized spacial score (nSPS) is 11.5. The summed E-state index contributed by atoms with van der Waals surface area (Å²) < 4.78 is 4.59. The summed E-state index contributed by atoms with van der Waals surface area (Å²) >= 11 is 0. The van der Waals surface area contributed by atoms with E-state index in [0.717, 1.165) is 0 Å². The molecule has 0 aliphatic carbocycles. The highest BCUT2D eigenvalue weighted by Gasteiger charge is 2.18.